The first-order chi connectivity index (χ1) is 8.58. The topological polar surface area (TPSA) is 43.3 Å². The maximum Gasteiger partial charge on any atom is 0.196 e. The van der Waals surface area contributed by atoms with E-state index in [1.165, 1.54) is 0 Å². The normalized spacial score (nSPS) is 11.3. The van der Waals surface area contributed by atoms with Crippen LogP contribution in [0.1, 0.15) is 5.69 Å². The van der Waals surface area contributed by atoms with Gasteiger partial charge in [0.25, 0.3) is 0 Å². The Hall–Kier alpha value is -1.23. The molecule has 2 heterocycles. The van der Waals surface area contributed by atoms with Crippen molar-refractivity contribution in [1.29, 1.82) is 0 Å². The molecule has 0 bridgehead atoms. The number of aromatic nitrogens is 2. The molecule has 3 aromatic rings. The van der Waals surface area contributed by atoms with Crippen LogP contribution in [0, 0.1) is 6.92 Å². The van der Waals surface area contributed by atoms with Crippen molar-refractivity contribution in [3.05, 3.63) is 39.3 Å². The molecular formula is C12H9Cl2N3S. The fourth-order valence-corrected chi connectivity index (χ4v) is 3.05. The van der Waals surface area contributed by atoms with E-state index in [1.807, 2.05) is 22.8 Å². The summed E-state index contributed by atoms with van der Waals surface area (Å²) in [7, 11) is 0. The molecule has 0 saturated heterocycles. The van der Waals surface area contributed by atoms with Crippen molar-refractivity contribution >= 4 is 45.3 Å². The average molecular weight is 298 g/mol. The summed E-state index contributed by atoms with van der Waals surface area (Å²) in [6, 6.07) is 5.40. The first-order valence-corrected chi connectivity index (χ1v) is 6.89. The number of fused-ring (bicyclic) bond motifs is 1. The van der Waals surface area contributed by atoms with Gasteiger partial charge in [0, 0.05) is 16.6 Å². The summed E-state index contributed by atoms with van der Waals surface area (Å²) in [6.07, 6.45) is 0. The second-order valence-electron chi connectivity index (χ2n) is 3.97. The van der Waals surface area contributed by atoms with E-state index in [0.717, 1.165) is 21.9 Å². The summed E-state index contributed by atoms with van der Waals surface area (Å²) < 4.78 is 1.93. The van der Waals surface area contributed by atoms with Gasteiger partial charge in [0.15, 0.2) is 4.96 Å². The Morgan fingerprint density at radius 2 is 2.06 bits per heavy atom. The van der Waals surface area contributed by atoms with Gasteiger partial charge in [-0.15, -0.1) is 11.3 Å². The lowest BCUT2D eigenvalue weighted by Crippen LogP contribution is -1.94. The second kappa shape index (κ2) is 4.16. The van der Waals surface area contributed by atoms with Crippen molar-refractivity contribution in [3.63, 3.8) is 0 Å². The van der Waals surface area contributed by atoms with Crippen LogP contribution in [-0.4, -0.2) is 9.38 Å². The molecule has 2 N–H and O–H groups in total. The smallest absolute Gasteiger partial charge is 0.196 e. The molecule has 3 rings (SSSR count). The van der Waals surface area contributed by atoms with E-state index in [9.17, 15) is 0 Å². The highest BCUT2D eigenvalue weighted by Crippen LogP contribution is 2.33. The molecule has 0 fully saturated rings. The van der Waals surface area contributed by atoms with Crippen LogP contribution in [0.15, 0.2) is 23.6 Å². The van der Waals surface area contributed by atoms with E-state index < -0.39 is 0 Å². The molecule has 6 heteroatoms. The second-order valence-corrected chi connectivity index (χ2v) is 5.62. The molecule has 18 heavy (non-hydrogen) atoms. The molecule has 3 nitrogen and oxygen atoms in total. The molecule has 92 valence electrons. The Balaban J connectivity index is 2.25. The number of imidazole rings is 1. The number of thiazole rings is 1. The van der Waals surface area contributed by atoms with E-state index in [2.05, 4.69) is 4.98 Å². The summed E-state index contributed by atoms with van der Waals surface area (Å²) in [5.74, 6) is 0.627. The van der Waals surface area contributed by atoms with Crippen molar-refractivity contribution in [3.8, 4) is 11.3 Å². The Labute approximate surface area is 118 Å². The number of nitrogens with zero attached hydrogens (tertiary/aromatic N) is 2. The molecule has 0 atom stereocenters. The van der Waals surface area contributed by atoms with Gasteiger partial charge >= 0.3 is 0 Å². The van der Waals surface area contributed by atoms with Gasteiger partial charge in [-0.2, -0.15) is 0 Å². The third kappa shape index (κ3) is 1.68. The maximum atomic E-state index is 6.14. The zero-order chi connectivity index (χ0) is 12.9. The molecule has 2 aromatic heterocycles. The largest absolute Gasteiger partial charge is 0.383 e. The van der Waals surface area contributed by atoms with Crippen molar-refractivity contribution in [2.75, 3.05) is 5.73 Å². The predicted octanol–water partition coefficient (Wildman–Crippen LogP) is 4.26. The van der Waals surface area contributed by atoms with Crippen molar-refractivity contribution in [2.45, 2.75) is 6.92 Å². The maximum absolute atomic E-state index is 6.14. The minimum atomic E-state index is 0.502. The third-order valence-electron chi connectivity index (χ3n) is 2.76. The lowest BCUT2D eigenvalue weighted by Gasteiger charge is -2.02. The van der Waals surface area contributed by atoms with Crippen LogP contribution in [0.2, 0.25) is 10.0 Å². The Morgan fingerprint density at radius 1 is 1.28 bits per heavy atom. The molecule has 0 aliphatic rings. The molecule has 0 radical (unpaired) electrons. The van der Waals surface area contributed by atoms with Crippen LogP contribution in [0.5, 0.6) is 0 Å². The average Bonchev–Trinajstić information content (AvgIpc) is 2.85. The van der Waals surface area contributed by atoms with Crippen LogP contribution >= 0.6 is 34.5 Å². The molecule has 0 aliphatic heterocycles. The van der Waals surface area contributed by atoms with Crippen LogP contribution in [0.25, 0.3) is 16.2 Å². The van der Waals surface area contributed by atoms with Crippen molar-refractivity contribution in [1.82, 2.24) is 9.38 Å². The molecule has 1 aromatic carbocycles. The Morgan fingerprint density at radius 3 is 2.72 bits per heavy atom. The number of halogens is 2. The molecular weight excluding hydrogens is 289 g/mol. The number of rotatable bonds is 1. The number of benzene rings is 1. The van der Waals surface area contributed by atoms with Crippen molar-refractivity contribution < 1.29 is 0 Å². The molecule has 0 unspecified atom stereocenters. The quantitative estimate of drug-likeness (QED) is 0.729. The lowest BCUT2D eigenvalue weighted by molar-refractivity contribution is 1.14. The summed E-state index contributed by atoms with van der Waals surface area (Å²) in [5, 5.41) is 3.05. The molecule has 0 amide bonds. The summed E-state index contributed by atoms with van der Waals surface area (Å²) in [5.41, 5.74) is 8.82. The molecule has 0 saturated carbocycles. The van der Waals surface area contributed by atoms with Crippen LogP contribution in [0.3, 0.4) is 0 Å². The monoisotopic (exact) mass is 297 g/mol. The van der Waals surface area contributed by atoms with E-state index in [4.69, 9.17) is 28.9 Å². The van der Waals surface area contributed by atoms with Crippen LogP contribution in [0.4, 0.5) is 5.82 Å². The Bertz CT molecular complexity index is 745. The minimum absolute atomic E-state index is 0.502. The van der Waals surface area contributed by atoms with E-state index in [0.29, 0.717) is 15.9 Å². The zero-order valence-electron chi connectivity index (χ0n) is 9.45. The highest BCUT2D eigenvalue weighted by molar-refractivity contribution is 7.15. The van der Waals surface area contributed by atoms with Gasteiger partial charge in [0.05, 0.1) is 10.0 Å². The minimum Gasteiger partial charge on any atom is -0.383 e. The van der Waals surface area contributed by atoms with E-state index in [-0.39, 0.29) is 0 Å². The summed E-state index contributed by atoms with van der Waals surface area (Å²) >= 11 is 13.5. The van der Waals surface area contributed by atoms with E-state index in [1.54, 1.807) is 23.5 Å². The number of aryl methyl sites for hydroxylation is 1. The lowest BCUT2D eigenvalue weighted by atomic mass is 10.1. The van der Waals surface area contributed by atoms with Gasteiger partial charge in [0.1, 0.15) is 11.5 Å². The first-order valence-electron chi connectivity index (χ1n) is 5.25. The number of hydrogen-bond donors (Lipinski definition) is 1. The highest BCUT2D eigenvalue weighted by atomic mass is 35.5. The molecule has 0 aliphatic carbocycles. The van der Waals surface area contributed by atoms with Gasteiger partial charge in [-0.3, -0.25) is 4.40 Å². The summed E-state index contributed by atoms with van der Waals surface area (Å²) in [4.78, 5) is 5.41. The van der Waals surface area contributed by atoms with Gasteiger partial charge in [0.2, 0.25) is 0 Å². The number of hydrogen-bond acceptors (Lipinski definition) is 3. The number of nitrogen functional groups attached to an aromatic ring is 1. The SMILES string of the molecule is Cc1csc2nc(-c3ccc(Cl)c(Cl)c3)c(N)n12. The predicted molar refractivity (Wildman–Crippen MR) is 77.7 cm³/mol. The highest BCUT2D eigenvalue weighted by Gasteiger charge is 2.14. The zero-order valence-corrected chi connectivity index (χ0v) is 11.8. The fourth-order valence-electron chi connectivity index (χ4n) is 1.88. The van der Waals surface area contributed by atoms with Crippen LogP contribution < -0.4 is 5.73 Å². The number of nitrogens with two attached hydrogens (primary N) is 1. The van der Waals surface area contributed by atoms with E-state index >= 15 is 0 Å². The molecule has 0 spiro atoms. The summed E-state index contributed by atoms with van der Waals surface area (Å²) in [6.45, 7) is 2.00. The van der Waals surface area contributed by atoms with Gasteiger partial charge in [-0.05, 0) is 19.1 Å². The van der Waals surface area contributed by atoms with Crippen LogP contribution in [-0.2, 0) is 0 Å². The fraction of sp³-hybridized carbons (Fsp3) is 0.0833. The van der Waals surface area contributed by atoms with Gasteiger partial charge < -0.3 is 5.73 Å². The first kappa shape index (κ1) is 11.8. The standard InChI is InChI=1S/C12H9Cl2N3S/c1-6-5-18-12-16-10(11(15)17(6)12)7-2-3-8(13)9(14)4-7/h2-5H,15H2,1H3. The van der Waals surface area contributed by atoms with Gasteiger partial charge in [-0.1, -0.05) is 29.3 Å². The van der Waals surface area contributed by atoms with Crippen molar-refractivity contribution in [2.24, 2.45) is 0 Å². The third-order valence-corrected chi connectivity index (χ3v) is 4.45. The number of anilines is 1. The van der Waals surface area contributed by atoms with Gasteiger partial charge in [-0.25, -0.2) is 4.98 Å². The Kier molecular flexibility index (Phi) is 2.73.